The SMILES string of the molecule is CNc1ccc(C2=c3ccc([nH]3)=C(c3ccc(NC)cc3)c3ccc([nH]3)C(c3ccc(NC)cc3)=c3ccc([nH]3)=C(c3ccc(NC)cc3)c3ccc2[nH]3)cc1. The molecule has 8 heteroatoms. The quantitative estimate of drug-likeness (QED) is 0.0917. The Hall–Kier alpha value is -7.32. The van der Waals surface area contributed by atoms with Gasteiger partial charge in [-0.2, -0.15) is 0 Å². The molecule has 1 aliphatic rings. The Labute approximate surface area is 325 Å². The van der Waals surface area contributed by atoms with E-state index in [-0.39, 0.29) is 0 Å². The van der Waals surface area contributed by atoms with E-state index < -0.39 is 0 Å². The number of aromatic amines is 4. The maximum absolute atomic E-state index is 3.88. The van der Waals surface area contributed by atoms with Crippen LogP contribution in [0.4, 0.5) is 22.7 Å². The van der Waals surface area contributed by atoms with E-state index in [1.54, 1.807) is 0 Å². The molecule has 8 N–H and O–H groups in total. The van der Waals surface area contributed by atoms with Gasteiger partial charge in [0, 0.05) is 117 Å². The number of rotatable bonds is 8. The van der Waals surface area contributed by atoms with Crippen LogP contribution >= 0.6 is 0 Å². The fourth-order valence-electron chi connectivity index (χ4n) is 7.79. The zero-order valence-electron chi connectivity index (χ0n) is 31.9. The minimum Gasteiger partial charge on any atom is -0.388 e. The van der Waals surface area contributed by atoms with Gasteiger partial charge in [0.1, 0.15) is 0 Å². The van der Waals surface area contributed by atoms with Crippen molar-refractivity contribution in [2.75, 3.05) is 49.5 Å². The van der Waals surface area contributed by atoms with Crippen molar-refractivity contribution in [2.24, 2.45) is 0 Å². The van der Waals surface area contributed by atoms with Gasteiger partial charge in [0.15, 0.2) is 0 Å². The van der Waals surface area contributed by atoms with Crippen molar-refractivity contribution in [1.29, 1.82) is 0 Å². The number of benzene rings is 4. The molecule has 0 saturated carbocycles. The molecule has 0 fully saturated rings. The van der Waals surface area contributed by atoms with Gasteiger partial charge in [0.2, 0.25) is 0 Å². The average molecular weight is 733 g/mol. The highest BCUT2D eigenvalue weighted by atomic mass is 14.8. The van der Waals surface area contributed by atoms with Crippen LogP contribution in [-0.2, 0) is 0 Å². The monoisotopic (exact) mass is 732 g/mol. The molecule has 4 aromatic carbocycles. The molecule has 0 amide bonds. The van der Waals surface area contributed by atoms with Crippen LogP contribution in [0.5, 0.6) is 0 Å². The molecule has 1 aliphatic heterocycles. The van der Waals surface area contributed by atoms with Gasteiger partial charge in [-0.25, -0.2) is 0 Å². The summed E-state index contributed by atoms with van der Waals surface area (Å²) in [6.07, 6.45) is 0. The van der Waals surface area contributed by atoms with Gasteiger partial charge in [-0.05, 0) is 119 Å². The molecule has 4 aromatic heterocycles. The summed E-state index contributed by atoms with van der Waals surface area (Å²) in [6.45, 7) is 0. The summed E-state index contributed by atoms with van der Waals surface area (Å²) in [5.41, 5.74) is 17.0. The molecule has 8 nitrogen and oxygen atoms in total. The highest BCUT2D eigenvalue weighted by Crippen LogP contribution is 2.29. The van der Waals surface area contributed by atoms with Crippen molar-refractivity contribution in [2.45, 2.75) is 0 Å². The molecule has 0 saturated heterocycles. The molecular formula is C48H44N8. The first-order valence-corrected chi connectivity index (χ1v) is 18.9. The van der Waals surface area contributed by atoms with E-state index in [1.807, 2.05) is 28.2 Å². The Morgan fingerprint density at radius 2 is 0.464 bits per heavy atom. The Morgan fingerprint density at radius 3 is 0.661 bits per heavy atom. The van der Waals surface area contributed by atoms with E-state index in [9.17, 15) is 0 Å². The number of hydrogen-bond acceptors (Lipinski definition) is 4. The third-order valence-corrected chi connectivity index (χ3v) is 10.7. The van der Waals surface area contributed by atoms with Crippen LogP contribution in [0, 0.1) is 0 Å². The van der Waals surface area contributed by atoms with Crippen LogP contribution in [0.2, 0.25) is 0 Å². The average Bonchev–Trinajstić information content (AvgIpc) is 4.10. The predicted molar refractivity (Wildman–Crippen MR) is 232 cm³/mol. The Morgan fingerprint density at radius 1 is 0.250 bits per heavy atom. The van der Waals surface area contributed by atoms with E-state index >= 15 is 0 Å². The Bertz CT molecular complexity index is 2520. The number of fused-ring (bicyclic) bond motifs is 8. The zero-order valence-corrected chi connectivity index (χ0v) is 31.9. The lowest BCUT2D eigenvalue weighted by Crippen LogP contribution is -2.19. The van der Waals surface area contributed by atoms with E-state index in [1.165, 1.54) is 0 Å². The first-order valence-electron chi connectivity index (χ1n) is 18.9. The van der Waals surface area contributed by atoms with Crippen molar-refractivity contribution in [3.63, 3.8) is 0 Å². The highest BCUT2D eigenvalue weighted by molar-refractivity contribution is 5.85. The fraction of sp³-hybridized carbons (Fsp3) is 0.0833. The number of anilines is 4. The van der Waals surface area contributed by atoms with Gasteiger partial charge >= 0.3 is 0 Å². The lowest BCUT2D eigenvalue weighted by atomic mass is 10.0. The molecule has 0 aliphatic carbocycles. The van der Waals surface area contributed by atoms with E-state index in [0.717, 1.165) is 111 Å². The largest absolute Gasteiger partial charge is 0.388 e. The van der Waals surface area contributed by atoms with E-state index in [4.69, 9.17) is 0 Å². The first kappa shape index (κ1) is 34.4. The van der Waals surface area contributed by atoms with Gasteiger partial charge in [-0.15, -0.1) is 0 Å². The standard InChI is InChI=1S/C48H44N8/c1-49-33-13-5-29(6-14-33)45-37-21-23-39(53-37)46(30-7-15-34(50-2)16-8-30)41-25-27-43(55-41)48(32-11-19-36(52-4)20-12-32)44-28-26-42(56-44)47(40-24-22-38(45)54-40)31-9-17-35(51-3)18-10-31/h5-28,49-56H,1-4H3. The van der Waals surface area contributed by atoms with Crippen LogP contribution in [0.3, 0.4) is 0 Å². The van der Waals surface area contributed by atoms with Crippen molar-refractivity contribution >= 4 is 45.0 Å². The molecule has 0 unspecified atom stereocenters. The van der Waals surface area contributed by atoms with Gasteiger partial charge < -0.3 is 41.2 Å². The zero-order chi connectivity index (χ0) is 38.2. The maximum Gasteiger partial charge on any atom is 0.0485 e. The summed E-state index contributed by atoms with van der Waals surface area (Å²) in [5, 5.41) is 17.1. The summed E-state index contributed by atoms with van der Waals surface area (Å²) in [6, 6.07) is 52.0. The number of aromatic nitrogens is 4. The van der Waals surface area contributed by atoms with Crippen molar-refractivity contribution in [3.8, 4) is 0 Å². The second-order valence-electron chi connectivity index (χ2n) is 14.0. The normalized spacial score (nSPS) is 12.5. The Balaban J connectivity index is 1.40. The lowest BCUT2D eigenvalue weighted by Gasteiger charge is -2.11. The molecule has 276 valence electrons. The topological polar surface area (TPSA) is 111 Å². The third-order valence-electron chi connectivity index (χ3n) is 10.7. The smallest absolute Gasteiger partial charge is 0.0485 e. The van der Waals surface area contributed by atoms with Crippen LogP contribution in [0.1, 0.15) is 45.0 Å². The molecular weight excluding hydrogens is 689 g/mol. The van der Waals surface area contributed by atoms with Crippen molar-refractivity contribution < 1.29 is 0 Å². The molecule has 8 bridgehead atoms. The summed E-state index contributed by atoms with van der Waals surface area (Å²) in [4.78, 5) is 15.5. The summed E-state index contributed by atoms with van der Waals surface area (Å²) >= 11 is 0. The van der Waals surface area contributed by atoms with E-state index in [2.05, 4.69) is 187 Å². The van der Waals surface area contributed by atoms with Crippen molar-refractivity contribution in [3.05, 3.63) is 212 Å². The molecule has 8 aromatic rings. The second-order valence-corrected chi connectivity index (χ2v) is 14.0. The molecule has 56 heavy (non-hydrogen) atoms. The van der Waals surface area contributed by atoms with Gasteiger partial charge in [-0.1, -0.05) is 48.5 Å². The van der Waals surface area contributed by atoms with Crippen LogP contribution in [0.15, 0.2) is 146 Å². The minimum atomic E-state index is 1.01. The minimum absolute atomic E-state index is 1.01. The third kappa shape index (κ3) is 6.27. The van der Waals surface area contributed by atoms with Crippen molar-refractivity contribution in [1.82, 2.24) is 19.9 Å². The number of nitrogens with one attached hydrogen (secondary N) is 8. The van der Waals surface area contributed by atoms with Gasteiger partial charge in [0.25, 0.3) is 0 Å². The maximum atomic E-state index is 3.88. The summed E-state index contributed by atoms with van der Waals surface area (Å²) in [5.74, 6) is 0. The number of hydrogen-bond donors (Lipinski definition) is 8. The molecule has 0 spiro atoms. The van der Waals surface area contributed by atoms with Crippen LogP contribution < -0.4 is 42.7 Å². The summed E-state index contributed by atoms with van der Waals surface area (Å²) in [7, 11) is 7.79. The highest BCUT2D eigenvalue weighted by Gasteiger charge is 2.18. The van der Waals surface area contributed by atoms with E-state index in [0.29, 0.717) is 0 Å². The summed E-state index contributed by atoms with van der Waals surface area (Å²) < 4.78 is 0. The number of H-pyrrole nitrogens is 4. The first-order chi connectivity index (χ1) is 27.5. The predicted octanol–water partition coefficient (Wildman–Crippen LogP) is 6.47. The van der Waals surface area contributed by atoms with Crippen LogP contribution in [0.25, 0.3) is 22.3 Å². The Kier molecular flexibility index (Phi) is 8.91. The van der Waals surface area contributed by atoms with Gasteiger partial charge in [-0.3, -0.25) is 0 Å². The lowest BCUT2D eigenvalue weighted by molar-refractivity contribution is 1.19. The molecule has 9 rings (SSSR count). The second kappa shape index (κ2) is 14.5. The van der Waals surface area contributed by atoms with Crippen LogP contribution in [-0.4, -0.2) is 48.1 Å². The molecule has 0 radical (unpaired) electrons. The fourth-order valence-corrected chi connectivity index (χ4v) is 7.79. The molecule has 0 atom stereocenters. The molecule has 5 heterocycles. The van der Waals surface area contributed by atoms with Gasteiger partial charge in [0.05, 0.1) is 0 Å².